The molecule has 0 spiro atoms. The second-order valence-corrected chi connectivity index (χ2v) is 8.50. The van der Waals surface area contributed by atoms with E-state index in [2.05, 4.69) is 17.1 Å². The predicted molar refractivity (Wildman–Crippen MR) is 91.3 cm³/mol. The third kappa shape index (κ3) is 5.96. The van der Waals surface area contributed by atoms with E-state index in [1.54, 1.807) is 0 Å². The molecule has 23 heavy (non-hydrogen) atoms. The minimum absolute atomic E-state index is 0.151. The molecule has 2 atom stereocenters. The van der Waals surface area contributed by atoms with Gasteiger partial charge in [0.05, 0.1) is 0 Å². The fourth-order valence-electron chi connectivity index (χ4n) is 3.86. The smallest absolute Gasteiger partial charge is 0.407 e. The van der Waals surface area contributed by atoms with E-state index < -0.39 is 5.60 Å². The van der Waals surface area contributed by atoms with Crippen molar-refractivity contribution < 1.29 is 14.6 Å². The molecule has 0 radical (unpaired) electrons. The summed E-state index contributed by atoms with van der Waals surface area (Å²) in [6.07, 6.45) is 5.09. The molecule has 1 saturated carbocycles. The van der Waals surface area contributed by atoms with E-state index in [0.717, 1.165) is 38.3 Å². The van der Waals surface area contributed by atoms with Crippen LogP contribution in [0.15, 0.2) is 0 Å². The summed E-state index contributed by atoms with van der Waals surface area (Å²) in [5, 5.41) is 12.2. The second kappa shape index (κ2) is 7.84. The minimum Gasteiger partial charge on any atom is -0.444 e. The summed E-state index contributed by atoms with van der Waals surface area (Å²) in [4.78, 5) is 14.6. The zero-order valence-corrected chi connectivity index (χ0v) is 15.2. The first-order valence-corrected chi connectivity index (χ1v) is 9.11. The van der Waals surface area contributed by atoms with Gasteiger partial charge in [-0.1, -0.05) is 6.92 Å². The number of aliphatic hydroxyl groups is 1. The highest BCUT2D eigenvalue weighted by atomic mass is 16.6. The molecule has 0 bridgehead atoms. The molecule has 2 rings (SSSR count). The lowest BCUT2D eigenvalue weighted by Gasteiger charge is -2.47. The van der Waals surface area contributed by atoms with Crippen LogP contribution in [0.3, 0.4) is 0 Å². The second-order valence-electron chi connectivity index (χ2n) is 8.50. The number of hydrogen-bond acceptors (Lipinski definition) is 4. The first-order chi connectivity index (χ1) is 10.8. The van der Waals surface area contributed by atoms with Gasteiger partial charge in [-0.2, -0.15) is 0 Å². The highest BCUT2D eigenvalue weighted by Gasteiger charge is 2.37. The van der Waals surface area contributed by atoms with Gasteiger partial charge in [-0.3, -0.25) is 4.90 Å². The number of hydrogen-bond donors (Lipinski definition) is 2. The molecule has 0 aromatic heterocycles. The van der Waals surface area contributed by atoms with Crippen LogP contribution < -0.4 is 5.32 Å². The van der Waals surface area contributed by atoms with E-state index in [1.165, 1.54) is 12.8 Å². The highest BCUT2D eigenvalue weighted by molar-refractivity contribution is 5.68. The summed E-state index contributed by atoms with van der Waals surface area (Å²) in [5.74, 6) is 1.38. The molecule has 2 unspecified atom stereocenters. The number of nitrogens with zero attached hydrogens (tertiary/aromatic N) is 1. The molecule has 2 N–H and O–H groups in total. The third-order valence-electron chi connectivity index (χ3n) is 4.92. The fourth-order valence-corrected chi connectivity index (χ4v) is 3.86. The Bertz CT molecular complexity index is 388. The van der Waals surface area contributed by atoms with Crippen molar-refractivity contribution in [2.24, 2.45) is 11.8 Å². The van der Waals surface area contributed by atoms with Crippen LogP contribution in [-0.2, 0) is 4.74 Å². The Morgan fingerprint density at radius 2 is 1.96 bits per heavy atom. The number of carbonyl (C=O) groups is 1. The molecule has 2 aliphatic rings. The third-order valence-corrected chi connectivity index (χ3v) is 4.92. The summed E-state index contributed by atoms with van der Waals surface area (Å²) in [5.41, 5.74) is -0.460. The molecule has 1 saturated heterocycles. The van der Waals surface area contributed by atoms with E-state index in [4.69, 9.17) is 9.84 Å². The van der Waals surface area contributed by atoms with Crippen molar-refractivity contribution in [3.05, 3.63) is 0 Å². The Morgan fingerprint density at radius 1 is 1.26 bits per heavy atom. The van der Waals surface area contributed by atoms with Gasteiger partial charge in [0.15, 0.2) is 0 Å². The number of nitrogens with one attached hydrogen (secondary N) is 1. The normalized spacial score (nSPS) is 32.2. The number of rotatable bonds is 5. The SMILES string of the molecule is CC1CC(N2CC(CCCO)CC(NC(=O)OC(C)(C)C)C2)C1. The van der Waals surface area contributed by atoms with Crippen LogP contribution in [0.5, 0.6) is 0 Å². The van der Waals surface area contributed by atoms with Crippen molar-refractivity contribution in [3.8, 4) is 0 Å². The number of amides is 1. The molecule has 134 valence electrons. The average molecular weight is 326 g/mol. The molecule has 5 heteroatoms. The number of likely N-dealkylation sites (tertiary alicyclic amines) is 1. The van der Waals surface area contributed by atoms with Crippen molar-refractivity contribution in [1.82, 2.24) is 10.2 Å². The average Bonchev–Trinajstić information content (AvgIpc) is 2.39. The topological polar surface area (TPSA) is 61.8 Å². The molecule has 0 aromatic rings. The van der Waals surface area contributed by atoms with Crippen LogP contribution in [0.2, 0.25) is 0 Å². The molecule has 1 aliphatic heterocycles. The Balaban J connectivity index is 1.90. The summed E-state index contributed by atoms with van der Waals surface area (Å²) < 4.78 is 5.40. The lowest BCUT2D eigenvalue weighted by molar-refractivity contribution is 0.0201. The monoisotopic (exact) mass is 326 g/mol. The molecule has 2 fully saturated rings. The van der Waals surface area contributed by atoms with Gasteiger partial charge in [0.1, 0.15) is 5.60 Å². The van der Waals surface area contributed by atoms with Gasteiger partial charge in [-0.05, 0) is 64.7 Å². The largest absolute Gasteiger partial charge is 0.444 e. The molecule has 1 amide bonds. The Morgan fingerprint density at radius 3 is 2.52 bits per heavy atom. The first kappa shape index (κ1) is 18.5. The van der Waals surface area contributed by atoms with Crippen LogP contribution in [0.1, 0.15) is 59.8 Å². The van der Waals surface area contributed by atoms with Crippen molar-refractivity contribution in [3.63, 3.8) is 0 Å². The van der Waals surface area contributed by atoms with Crippen molar-refractivity contribution >= 4 is 6.09 Å². The van der Waals surface area contributed by atoms with Crippen LogP contribution in [0.25, 0.3) is 0 Å². The van der Waals surface area contributed by atoms with Crippen molar-refractivity contribution in [2.75, 3.05) is 19.7 Å². The predicted octanol–water partition coefficient (Wildman–Crippen LogP) is 2.77. The maximum Gasteiger partial charge on any atom is 0.407 e. The van der Waals surface area contributed by atoms with Crippen LogP contribution in [-0.4, -0.2) is 53.5 Å². The van der Waals surface area contributed by atoms with Crippen molar-refractivity contribution in [1.29, 1.82) is 0 Å². The van der Waals surface area contributed by atoms with Gasteiger partial charge >= 0.3 is 6.09 Å². The Hall–Kier alpha value is -0.810. The summed E-state index contributed by atoms with van der Waals surface area (Å²) in [6, 6.07) is 0.822. The fraction of sp³-hybridized carbons (Fsp3) is 0.944. The van der Waals surface area contributed by atoms with E-state index in [1.807, 2.05) is 20.8 Å². The lowest BCUT2D eigenvalue weighted by Crippen LogP contribution is -2.56. The molecular weight excluding hydrogens is 292 g/mol. The van der Waals surface area contributed by atoms with Gasteiger partial charge < -0.3 is 15.2 Å². The van der Waals surface area contributed by atoms with Gasteiger partial charge in [-0.25, -0.2) is 4.79 Å². The molecule has 0 aromatic carbocycles. The zero-order chi connectivity index (χ0) is 17.0. The molecular formula is C18H34N2O3. The number of carbonyl (C=O) groups excluding carboxylic acids is 1. The standard InChI is InChI=1S/C18H34N2O3/c1-13-8-16(9-13)20-11-14(6-5-7-21)10-15(12-20)19-17(22)23-18(2,3)4/h13-16,21H,5-12H2,1-4H3,(H,19,22). The zero-order valence-electron chi connectivity index (χ0n) is 15.2. The maximum absolute atomic E-state index is 12.1. The quantitative estimate of drug-likeness (QED) is 0.815. The molecule has 1 heterocycles. The van der Waals surface area contributed by atoms with Gasteiger partial charge in [-0.15, -0.1) is 0 Å². The first-order valence-electron chi connectivity index (χ1n) is 9.11. The van der Waals surface area contributed by atoms with E-state index in [0.29, 0.717) is 12.0 Å². The van der Waals surface area contributed by atoms with Gasteiger partial charge in [0, 0.05) is 31.8 Å². The molecule has 1 aliphatic carbocycles. The van der Waals surface area contributed by atoms with E-state index >= 15 is 0 Å². The number of aliphatic hydroxyl groups excluding tert-OH is 1. The number of ether oxygens (including phenoxy) is 1. The Kier molecular flexibility index (Phi) is 6.32. The maximum atomic E-state index is 12.1. The van der Waals surface area contributed by atoms with Crippen LogP contribution in [0, 0.1) is 11.8 Å². The molecule has 5 nitrogen and oxygen atoms in total. The van der Waals surface area contributed by atoms with E-state index in [9.17, 15) is 4.79 Å². The number of piperidine rings is 1. The summed E-state index contributed by atoms with van der Waals surface area (Å²) in [7, 11) is 0. The van der Waals surface area contributed by atoms with Gasteiger partial charge in [0.2, 0.25) is 0 Å². The van der Waals surface area contributed by atoms with E-state index in [-0.39, 0.29) is 18.7 Å². The van der Waals surface area contributed by atoms with Crippen LogP contribution >= 0.6 is 0 Å². The van der Waals surface area contributed by atoms with Crippen molar-refractivity contribution in [2.45, 2.75) is 77.5 Å². The summed E-state index contributed by atoms with van der Waals surface area (Å²) in [6.45, 7) is 10.2. The minimum atomic E-state index is -0.460. The van der Waals surface area contributed by atoms with Gasteiger partial charge in [0.25, 0.3) is 0 Å². The lowest BCUT2D eigenvalue weighted by atomic mass is 9.78. The van der Waals surface area contributed by atoms with Crippen LogP contribution in [0.4, 0.5) is 4.79 Å². The Labute approximate surface area is 140 Å². The summed E-state index contributed by atoms with van der Waals surface area (Å²) >= 11 is 0. The number of alkyl carbamates (subject to hydrolysis) is 1. The highest BCUT2D eigenvalue weighted by Crippen LogP contribution is 2.34.